The molecule has 112 valence electrons. The Morgan fingerprint density at radius 2 is 1.86 bits per heavy atom. The lowest BCUT2D eigenvalue weighted by atomic mass is 10.1. The summed E-state index contributed by atoms with van der Waals surface area (Å²) in [7, 11) is -3.92. The van der Waals surface area contributed by atoms with Crippen LogP contribution in [-0.2, 0) is 10.0 Å². The van der Waals surface area contributed by atoms with E-state index in [1.54, 1.807) is 37.3 Å². The van der Waals surface area contributed by atoms with Crippen molar-refractivity contribution in [2.75, 3.05) is 6.61 Å². The van der Waals surface area contributed by atoms with Crippen molar-refractivity contribution < 1.29 is 17.9 Å². The molecule has 0 fully saturated rings. The second-order valence-electron chi connectivity index (χ2n) is 4.68. The summed E-state index contributed by atoms with van der Waals surface area (Å²) in [6.07, 6.45) is 0. The van der Waals surface area contributed by atoms with Gasteiger partial charge < -0.3 is 5.11 Å². The summed E-state index contributed by atoms with van der Waals surface area (Å²) in [4.78, 5) is -0.128. The summed E-state index contributed by atoms with van der Waals surface area (Å²) in [5, 5.41) is 9.41. The molecule has 0 aromatic heterocycles. The minimum Gasteiger partial charge on any atom is -0.394 e. The van der Waals surface area contributed by atoms with Crippen LogP contribution in [0.3, 0.4) is 0 Å². The third-order valence-corrected chi connectivity index (χ3v) is 4.74. The van der Waals surface area contributed by atoms with Gasteiger partial charge in [-0.15, -0.1) is 0 Å². The van der Waals surface area contributed by atoms with Gasteiger partial charge in [-0.1, -0.05) is 36.4 Å². The van der Waals surface area contributed by atoms with Gasteiger partial charge in [0.25, 0.3) is 0 Å². The largest absolute Gasteiger partial charge is 0.394 e. The molecule has 0 aliphatic heterocycles. The average molecular weight is 309 g/mol. The number of aryl methyl sites for hydroxylation is 1. The number of hydrogen-bond acceptors (Lipinski definition) is 3. The quantitative estimate of drug-likeness (QED) is 0.889. The van der Waals surface area contributed by atoms with E-state index in [2.05, 4.69) is 4.72 Å². The van der Waals surface area contributed by atoms with Crippen LogP contribution in [0.25, 0.3) is 0 Å². The summed E-state index contributed by atoms with van der Waals surface area (Å²) in [5.41, 5.74) is 1.08. The van der Waals surface area contributed by atoms with Crippen LogP contribution in [0.15, 0.2) is 53.4 Å². The van der Waals surface area contributed by atoms with Crippen molar-refractivity contribution in [3.63, 3.8) is 0 Å². The molecule has 0 saturated heterocycles. The summed E-state index contributed by atoms with van der Waals surface area (Å²) < 4.78 is 40.4. The predicted molar refractivity (Wildman–Crippen MR) is 77.7 cm³/mol. The molecular weight excluding hydrogens is 293 g/mol. The molecule has 1 unspecified atom stereocenters. The molecular formula is C15H16FNO3S. The first-order valence-electron chi connectivity index (χ1n) is 6.38. The van der Waals surface area contributed by atoms with Crippen molar-refractivity contribution in [3.05, 3.63) is 65.5 Å². The van der Waals surface area contributed by atoms with E-state index in [4.69, 9.17) is 0 Å². The molecule has 0 aliphatic carbocycles. The van der Waals surface area contributed by atoms with Gasteiger partial charge in [-0.05, 0) is 30.2 Å². The fourth-order valence-corrected chi connectivity index (χ4v) is 3.48. The lowest BCUT2D eigenvalue weighted by Gasteiger charge is -2.17. The minimum absolute atomic E-state index is 0.128. The molecule has 1 atom stereocenters. The van der Waals surface area contributed by atoms with Crippen LogP contribution in [0.1, 0.15) is 17.2 Å². The molecule has 6 heteroatoms. The van der Waals surface area contributed by atoms with Crippen LogP contribution < -0.4 is 4.72 Å². The van der Waals surface area contributed by atoms with Crippen LogP contribution in [-0.4, -0.2) is 20.1 Å². The number of halogens is 1. The summed E-state index contributed by atoms with van der Waals surface area (Å²) >= 11 is 0. The van der Waals surface area contributed by atoms with Crippen LogP contribution in [0.5, 0.6) is 0 Å². The smallest absolute Gasteiger partial charge is 0.241 e. The maximum absolute atomic E-state index is 13.3. The zero-order chi connectivity index (χ0) is 15.5. The molecule has 0 spiro atoms. The van der Waals surface area contributed by atoms with Gasteiger partial charge >= 0.3 is 0 Å². The maximum atomic E-state index is 13.3. The Morgan fingerprint density at radius 3 is 2.48 bits per heavy atom. The third-order valence-electron chi connectivity index (χ3n) is 3.12. The Kier molecular flexibility index (Phi) is 4.72. The molecule has 2 N–H and O–H groups in total. The lowest BCUT2D eigenvalue weighted by molar-refractivity contribution is 0.259. The number of rotatable bonds is 5. The highest BCUT2D eigenvalue weighted by Crippen LogP contribution is 2.20. The average Bonchev–Trinajstić information content (AvgIpc) is 2.48. The Hall–Kier alpha value is -1.76. The number of hydrogen-bond donors (Lipinski definition) is 2. The van der Waals surface area contributed by atoms with E-state index in [9.17, 15) is 17.9 Å². The van der Waals surface area contributed by atoms with E-state index in [1.165, 1.54) is 12.1 Å². The number of benzene rings is 2. The summed E-state index contributed by atoms with van der Waals surface area (Å²) in [6, 6.07) is 11.5. The van der Waals surface area contributed by atoms with Gasteiger partial charge in [0, 0.05) is 0 Å². The van der Waals surface area contributed by atoms with Gasteiger partial charge in [0.15, 0.2) is 0 Å². The maximum Gasteiger partial charge on any atom is 0.241 e. The SMILES string of the molecule is Cc1ccc(F)cc1S(=O)(=O)NC(CO)c1ccccc1. The van der Waals surface area contributed by atoms with Crippen LogP contribution in [0.4, 0.5) is 4.39 Å². The Balaban J connectivity index is 2.34. The van der Waals surface area contributed by atoms with Gasteiger partial charge in [-0.3, -0.25) is 0 Å². The van der Waals surface area contributed by atoms with Crippen LogP contribution in [0, 0.1) is 12.7 Å². The molecule has 0 radical (unpaired) electrons. The number of sulfonamides is 1. The predicted octanol–water partition coefficient (Wildman–Crippen LogP) is 2.15. The van der Waals surface area contributed by atoms with Crippen molar-refractivity contribution >= 4 is 10.0 Å². The van der Waals surface area contributed by atoms with Crippen molar-refractivity contribution in [3.8, 4) is 0 Å². The van der Waals surface area contributed by atoms with E-state index in [0.29, 0.717) is 11.1 Å². The van der Waals surface area contributed by atoms with Crippen molar-refractivity contribution in [2.24, 2.45) is 0 Å². The van der Waals surface area contributed by atoms with Gasteiger partial charge in [-0.25, -0.2) is 17.5 Å². The summed E-state index contributed by atoms with van der Waals surface area (Å²) in [5.74, 6) is -0.624. The zero-order valence-corrected chi connectivity index (χ0v) is 12.3. The first kappa shape index (κ1) is 15.6. The van der Waals surface area contributed by atoms with E-state index in [-0.39, 0.29) is 4.90 Å². The fraction of sp³-hybridized carbons (Fsp3) is 0.200. The summed E-state index contributed by atoms with van der Waals surface area (Å²) in [6.45, 7) is 1.20. The normalized spacial score (nSPS) is 13.1. The van der Waals surface area contributed by atoms with Gasteiger partial charge in [0.05, 0.1) is 17.5 Å². The standard InChI is InChI=1S/C15H16FNO3S/c1-11-7-8-13(16)9-15(11)21(19,20)17-14(10-18)12-5-3-2-4-6-12/h2-9,14,17-18H,10H2,1H3. The Labute approximate surface area is 123 Å². The Morgan fingerprint density at radius 1 is 1.19 bits per heavy atom. The third kappa shape index (κ3) is 3.66. The van der Waals surface area contributed by atoms with Gasteiger partial charge in [0.2, 0.25) is 10.0 Å². The topological polar surface area (TPSA) is 66.4 Å². The van der Waals surface area contributed by atoms with E-state index in [0.717, 1.165) is 6.07 Å². The molecule has 2 aromatic carbocycles. The molecule has 4 nitrogen and oxygen atoms in total. The Bertz CT molecular complexity index is 717. The highest BCUT2D eigenvalue weighted by Gasteiger charge is 2.22. The van der Waals surface area contributed by atoms with Gasteiger partial charge in [-0.2, -0.15) is 0 Å². The van der Waals surface area contributed by atoms with Crippen molar-refractivity contribution in [1.82, 2.24) is 4.72 Å². The van der Waals surface area contributed by atoms with Crippen molar-refractivity contribution in [1.29, 1.82) is 0 Å². The fourth-order valence-electron chi connectivity index (χ4n) is 2.01. The lowest BCUT2D eigenvalue weighted by Crippen LogP contribution is -2.31. The second-order valence-corrected chi connectivity index (χ2v) is 6.36. The molecule has 0 heterocycles. The molecule has 0 saturated carbocycles. The molecule has 0 bridgehead atoms. The minimum atomic E-state index is -3.92. The second kappa shape index (κ2) is 6.34. The molecule has 0 aliphatic rings. The molecule has 2 rings (SSSR count). The zero-order valence-electron chi connectivity index (χ0n) is 11.5. The monoisotopic (exact) mass is 309 g/mol. The first-order chi connectivity index (χ1) is 9.94. The first-order valence-corrected chi connectivity index (χ1v) is 7.86. The molecule has 2 aromatic rings. The van der Waals surface area contributed by atoms with Gasteiger partial charge in [0.1, 0.15) is 5.82 Å². The number of nitrogens with one attached hydrogen (secondary N) is 1. The number of aliphatic hydroxyl groups excluding tert-OH is 1. The van der Waals surface area contributed by atoms with E-state index in [1.807, 2.05) is 0 Å². The van der Waals surface area contributed by atoms with E-state index >= 15 is 0 Å². The molecule has 0 amide bonds. The highest BCUT2D eigenvalue weighted by molar-refractivity contribution is 7.89. The van der Waals surface area contributed by atoms with Crippen LogP contribution in [0.2, 0.25) is 0 Å². The number of aliphatic hydroxyl groups is 1. The molecule has 21 heavy (non-hydrogen) atoms. The van der Waals surface area contributed by atoms with Crippen LogP contribution >= 0.6 is 0 Å². The highest BCUT2D eigenvalue weighted by atomic mass is 32.2. The van der Waals surface area contributed by atoms with Crippen molar-refractivity contribution in [2.45, 2.75) is 17.9 Å². The van der Waals surface area contributed by atoms with E-state index < -0.39 is 28.5 Å².